The van der Waals surface area contributed by atoms with Crippen LogP contribution < -0.4 is 10.6 Å². The molecule has 2 rings (SSSR count). The van der Waals surface area contributed by atoms with Crippen molar-refractivity contribution in [2.24, 2.45) is 5.73 Å². The standard InChI is InChI=1S/C14H24N4/c1-11(15)13-7-4-8-16-14(13)18(3)10-12-6-5-9-17(12)2/h4,7-8,11-12H,5-6,9-10,15H2,1-3H3/t11-,12?/m0/s1. The van der Waals surface area contributed by atoms with E-state index in [-0.39, 0.29) is 6.04 Å². The maximum Gasteiger partial charge on any atom is 0.133 e. The predicted octanol–water partition coefficient (Wildman–Crippen LogP) is 1.63. The van der Waals surface area contributed by atoms with Gasteiger partial charge in [-0.3, -0.25) is 0 Å². The molecule has 0 amide bonds. The third-order valence-corrected chi connectivity index (χ3v) is 3.83. The van der Waals surface area contributed by atoms with E-state index < -0.39 is 0 Å². The summed E-state index contributed by atoms with van der Waals surface area (Å²) in [6.07, 6.45) is 4.43. The minimum Gasteiger partial charge on any atom is -0.358 e. The van der Waals surface area contributed by atoms with E-state index in [1.807, 2.05) is 19.2 Å². The first-order valence-electron chi connectivity index (χ1n) is 6.71. The summed E-state index contributed by atoms with van der Waals surface area (Å²) in [5.74, 6) is 1.02. The van der Waals surface area contributed by atoms with E-state index >= 15 is 0 Å². The monoisotopic (exact) mass is 248 g/mol. The summed E-state index contributed by atoms with van der Waals surface area (Å²) < 4.78 is 0. The maximum absolute atomic E-state index is 6.01. The first-order valence-corrected chi connectivity index (χ1v) is 6.71. The summed E-state index contributed by atoms with van der Waals surface area (Å²) >= 11 is 0. The molecule has 0 aromatic carbocycles. The Morgan fingerprint density at radius 1 is 1.61 bits per heavy atom. The average Bonchev–Trinajstić information content (AvgIpc) is 2.75. The quantitative estimate of drug-likeness (QED) is 0.879. The van der Waals surface area contributed by atoms with Gasteiger partial charge < -0.3 is 15.5 Å². The van der Waals surface area contributed by atoms with E-state index in [9.17, 15) is 0 Å². The predicted molar refractivity (Wildman–Crippen MR) is 75.8 cm³/mol. The van der Waals surface area contributed by atoms with Crippen molar-refractivity contribution in [3.05, 3.63) is 23.9 Å². The number of rotatable bonds is 4. The van der Waals surface area contributed by atoms with Crippen LogP contribution in [0.5, 0.6) is 0 Å². The van der Waals surface area contributed by atoms with E-state index in [1.165, 1.54) is 19.4 Å². The van der Waals surface area contributed by atoms with E-state index in [1.54, 1.807) is 0 Å². The van der Waals surface area contributed by atoms with Crippen molar-refractivity contribution < 1.29 is 0 Å². The third kappa shape index (κ3) is 2.82. The Kier molecular flexibility index (Phi) is 4.19. The Labute approximate surface area is 110 Å². The number of likely N-dealkylation sites (N-methyl/N-ethyl adjacent to an activating group) is 2. The number of hydrogen-bond donors (Lipinski definition) is 1. The molecule has 1 aliphatic heterocycles. The van der Waals surface area contributed by atoms with Crippen molar-refractivity contribution in [3.8, 4) is 0 Å². The zero-order valence-corrected chi connectivity index (χ0v) is 11.6. The molecule has 0 saturated carbocycles. The van der Waals surface area contributed by atoms with E-state index in [0.717, 1.165) is 17.9 Å². The van der Waals surface area contributed by atoms with Gasteiger partial charge in [-0.25, -0.2) is 4.98 Å². The first kappa shape index (κ1) is 13.3. The van der Waals surface area contributed by atoms with Crippen LogP contribution in [0.2, 0.25) is 0 Å². The van der Waals surface area contributed by atoms with Crippen molar-refractivity contribution in [1.82, 2.24) is 9.88 Å². The molecule has 2 heterocycles. The summed E-state index contributed by atoms with van der Waals surface area (Å²) in [5, 5.41) is 0. The average molecular weight is 248 g/mol. The molecular formula is C14H24N4. The molecule has 2 N–H and O–H groups in total. The maximum atomic E-state index is 6.01. The number of aromatic nitrogens is 1. The molecule has 18 heavy (non-hydrogen) atoms. The molecule has 4 heteroatoms. The minimum atomic E-state index is 0.0254. The van der Waals surface area contributed by atoms with Crippen LogP contribution in [0, 0.1) is 0 Å². The lowest BCUT2D eigenvalue weighted by atomic mass is 10.1. The number of hydrogen-bond acceptors (Lipinski definition) is 4. The third-order valence-electron chi connectivity index (χ3n) is 3.83. The second-order valence-electron chi connectivity index (χ2n) is 5.36. The summed E-state index contributed by atoms with van der Waals surface area (Å²) in [6, 6.07) is 4.69. The van der Waals surface area contributed by atoms with Crippen molar-refractivity contribution in [1.29, 1.82) is 0 Å². The molecule has 1 aliphatic rings. The number of nitrogens with zero attached hydrogens (tertiary/aromatic N) is 3. The van der Waals surface area contributed by atoms with Crippen molar-refractivity contribution >= 4 is 5.82 Å². The van der Waals surface area contributed by atoms with Gasteiger partial charge in [0.25, 0.3) is 0 Å². The summed E-state index contributed by atoms with van der Waals surface area (Å²) in [7, 11) is 4.32. The van der Waals surface area contributed by atoms with Crippen LogP contribution in [0.25, 0.3) is 0 Å². The van der Waals surface area contributed by atoms with Crippen LogP contribution in [0.15, 0.2) is 18.3 Å². The Bertz CT molecular complexity index is 391. The molecule has 100 valence electrons. The van der Waals surface area contributed by atoms with Gasteiger partial charge in [-0.05, 0) is 39.4 Å². The smallest absolute Gasteiger partial charge is 0.133 e. The summed E-state index contributed by atoms with van der Waals surface area (Å²) in [6.45, 7) is 4.24. The lowest BCUT2D eigenvalue weighted by Crippen LogP contribution is -2.37. The second-order valence-corrected chi connectivity index (χ2v) is 5.36. The normalized spacial score (nSPS) is 22.1. The molecule has 0 aliphatic carbocycles. The molecule has 4 nitrogen and oxygen atoms in total. The van der Waals surface area contributed by atoms with Crippen LogP contribution >= 0.6 is 0 Å². The lowest BCUT2D eigenvalue weighted by molar-refractivity contribution is 0.314. The van der Waals surface area contributed by atoms with Gasteiger partial charge in [-0.2, -0.15) is 0 Å². The van der Waals surface area contributed by atoms with Crippen molar-refractivity contribution in [2.45, 2.75) is 31.8 Å². The fraction of sp³-hybridized carbons (Fsp3) is 0.643. The Hall–Kier alpha value is -1.13. The molecule has 1 aromatic heterocycles. The van der Waals surface area contributed by atoms with Gasteiger partial charge >= 0.3 is 0 Å². The van der Waals surface area contributed by atoms with Crippen LogP contribution in [0.4, 0.5) is 5.82 Å². The highest BCUT2D eigenvalue weighted by molar-refractivity contribution is 5.47. The largest absolute Gasteiger partial charge is 0.358 e. The number of pyridine rings is 1. The molecule has 0 bridgehead atoms. The van der Waals surface area contributed by atoms with Crippen molar-refractivity contribution in [2.75, 3.05) is 32.1 Å². The Morgan fingerprint density at radius 3 is 3.00 bits per heavy atom. The number of anilines is 1. The van der Waals surface area contributed by atoms with E-state index in [2.05, 4.69) is 34.9 Å². The Balaban J connectivity index is 2.10. The Morgan fingerprint density at radius 2 is 2.39 bits per heavy atom. The topological polar surface area (TPSA) is 45.4 Å². The SMILES string of the molecule is C[C@H](N)c1cccnc1N(C)CC1CCCN1C. The highest BCUT2D eigenvalue weighted by Crippen LogP contribution is 2.23. The van der Waals surface area contributed by atoms with Crippen LogP contribution in [-0.2, 0) is 0 Å². The molecule has 0 radical (unpaired) electrons. The van der Waals surface area contributed by atoms with Gasteiger partial charge in [-0.15, -0.1) is 0 Å². The van der Waals surface area contributed by atoms with Gasteiger partial charge in [0.05, 0.1) is 0 Å². The molecule has 1 unspecified atom stereocenters. The molecule has 2 atom stereocenters. The highest BCUT2D eigenvalue weighted by Gasteiger charge is 2.23. The fourth-order valence-corrected chi connectivity index (χ4v) is 2.70. The lowest BCUT2D eigenvalue weighted by Gasteiger charge is -2.28. The second kappa shape index (κ2) is 5.67. The van der Waals surface area contributed by atoms with Crippen LogP contribution in [0.1, 0.15) is 31.4 Å². The molecular weight excluding hydrogens is 224 g/mol. The summed E-state index contributed by atoms with van der Waals surface area (Å²) in [5.41, 5.74) is 7.14. The van der Waals surface area contributed by atoms with Gasteiger partial charge in [-0.1, -0.05) is 6.07 Å². The van der Waals surface area contributed by atoms with E-state index in [4.69, 9.17) is 5.73 Å². The molecule has 1 fully saturated rings. The summed E-state index contributed by atoms with van der Waals surface area (Å²) in [4.78, 5) is 9.17. The van der Waals surface area contributed by atoms with E-state index in [0.29, 0.717) is 6.04 Å². The molecule has 1 aromatic rings. The van der Waals surface area contributed by atoms with Crippen molar-refractivity contribution in [3.63, 3.8) is 0 Å². The molecule has 1 saturated heterocycles. The van der Waals surface area contributed by atoms with Crippen LogP contribution in [0.3, 0.4) is 0 Å². The van der Waals surface area contributed by atoms with Gasteiger partial charge in [0.15, 0.2) is 0 Å². The fourth-order valence-electron chi connectivity index (χ4n) is 2.70. The zero-order chi connectivity index (χ0) is 13.1. The van der Waals surface area contributed by atoms with Gasteiger partial charge in [0.2, 0.25) is 0 Å². The van der Waals surface area contributed by atoms with Gasteiger partial charge in [0, 0.05) is 37.4 Å². The minimum absolute atomic E-state index is 0.0254. The zero-order valence-electron chi connectivity index (χ0n) is 11.6. The highest BCUT2D eigenvalue weighted by atomic mass is 15.2. The number of likely N-dealkylation sites (tertiary alicyclic amines) is 1. The number of nitrogens with two attached hydrogens (primary N) is 1. The first-order chi connectivity index (χ1) is 8.59. The molecule has 0 spiro atoms. The van der Waals surface area contributed by atoms with Crippen LogP contribution in [-0.4, -0.2) is 43.1 Å². The van der Waals surface area contributed by atoms with Gasteiger partial charge in [0.1, 0.15) is 5.82 Å².